The molecule has 0 fully saturated rings. The monoisotopic (exact) mass is 221 g/mol. The maximum atomic E-state index is 11.3. The first-order chi connectivity index (χ1) is 7.61. The van der Waals surface area contributed by atoms with Crippen LogP contribution in [-0.4, -0.2) is 36.4 Å². The molecular weight excluding hydrogens is 202 g/mol. The number of carbonyl (C=O) groups excluding carboxylic acids is 1. The number of aromatic nitrogens is 1. The van der Waals surface area contributed by atoms with Crippen LogP contribution in [0.3, 0.4) is 0 Å². The molecule has 0 aromatic carbocycles. The van der Waals surface area contributed by atoms with E-state index >= 15 is 0 Å². The van der Waals surface area contributed by atoms with Gasteiger partial charge in [-0.3, -0.25) is 9.78 Å². The number of hydrogen-bond acceptors (Lipinski definition) is 3. The molecular formula is C12H19N3O. The summed E-state index contributed by atoms with van der Waals surface area (Å²) in [6.45, 7) is 3.52. The van der Waals surface area contributed by atoms with E-state index in [1.165, 1.54) is 11.1 Å². The van der Waals surface area contributed by atoms with E-state index in [1.807, 2.05) is 12.3 Å². The Bertz CT molecular complexity index is 350. The van der Waals surface area contributed by atoms with Gasteiger partial charge >= 0.3 is 0 Å². The lowest BCUT2D eigenvalue weighted by atomic mass is 10.1. The lowest BCUT2D eigenvalue weighted by molar-refractivity contribution is -0.128. The van der Waals surface area contributed by atoms with E-state index in [1.54, 1.807) is 25.2 Å². The van der Waals surface area contributed by atoms with Crippen molar-refractivity contribution in [3.05, 3.63) is 29.6 Å². The van der Waals surface area contributed by atoms with Gasteiger partial charge in [0.25, 0.3) is 0 Å². The molecule has 1 heterocycles. The van der Waals surface area contributed by atoms with E-state index in [9.17, 15) is 4.79 Å². The van der Waals surface area contributed by atoms with E-state index in [4.69, 9.17) is 0 Å². The molecule has 0 saturated carbocycles. The predicted octanol–water partition coefficient (Wildman–Crippen LogP) is 0.958. The van der Waals surface area contributed by atoms with Gasteiger partial charge in [-0.2, -0.15) is 0 Å². The molecule has 0 aliphatic heterocycles. The Labute approximate surface area is 96.7 Å². The molecule has 0 aliphatic carbocycles. The zero-order chi connectivity index (χ0) is 12.0. The lowest BCUT2D eigenvalue weighted by Gasteiger charge is -2.11. The Balaban J connectivity index is 2.26. The molecule has 0 aliphatic rings. The number of nitrogens with one attached hydrogen (secondary N) is 1. The van der Waals surface area contributed by atoms with Crippen molar-refractivity contribution in [3.8, 4) is 0 Å². The number of rotatable bonds is 5. The number of hydrogen-bond donors (Lipinski definition) is 1. The first kappa shape index (κ1) is 12.6. The summed E-state index contributed by atoms with van der Waals surface area (Å²) in [5.74, 6) is 0.149. The highest BCUT2D eigenvalue weighted by atomic mass is 16.2. The molecule has 0 unspecified atom stereocenters. The van der Waals surface area contributed by atoms with E-state index in [2.05, 4.69) is 17.2 Å². The van der Waals surface area contributed by atoms with Crippen LogP contribution < -0.4 is 5.32 Å². The quantitative estimate of drug-likeness (QED) is 0.753. The smallest absolute Gasteiger partial charge is 0.223 e. The van der Waals surface area contributed by atoms with Crippen LogP contribution in [0, 0.1) is 6.92 Å². The number of nitrogens with zero attached hydrogens (tertiary/aromatic N) is 2. The van der Waals surface area contributed by atoms with Crippen molar-refractivity contribution < 1.29 is 4.79 Å². The lowest BCUT2D eigenvalue weighted by Crippen LogP contribution is -2.26. The fourth-order valence-electron chi connectivity index (χ4n) is 1.32. The summed E-state index contributed by atoms with van der Waals surface area (Å²) < 4.78 is 0. The van der Waals surface area contributed by atoms with Gasteiger partial charge in [-0.25, -0.2) is 0 Å². The fourth-order valence-corrected chi connectivity index (χ4v) is 1.32. The minimum absolute atomic E-state index is 0.149. The van der Waals surface area contributed by atoms with Gasteiger partial charge in [0.05, 0.1) is 0 Å². The van der Waals surface area contributed by atoms with Crippen LogP contribution in [-0.2, 0) is 11.3 Å². The maximum absolute atomic E-state index is 11.3. The second kappa shape index (κ2) is 6.23. The van der Waals surface area contributed by atoms with E-state index in [0.29, 0.717) is 13.0 Å². The first-order valence-electron chi connectivity index (χ1n) is 5.41. The highest BCUT2D eigenvalue weighted by molar-refractivity contribution is 5.75. The zero-order valence-electron chi connectivity index (χ0n) is 10.2. The largest absolute Gasteiger partial charge is 0.349 e. The van der Waals surface area contributed by atoms with Crippen LogP contribution in [0.5, 0.6) is 0 Å². The summed E-state index contributed by atoms with van der Waals surface area (Å²) in [5.41, 5.74) is 2.40. The summed E-state index contributed by atoms with van der Waals surface area (Å²) in [6.07, 6.45) is 4.18. The van der Waals surface area contributed by atoms with Gasteiger partial charge in [0.15, 0.2) is 0 Å². The summed E-state index contributed by atoms with van der Waals surface area (Å²) in [5, 5.41) is 3.24. The minimum Gasteiger partial charge on any atom is -0.349 e. The van der Waals surface area contributed by atoms with Crippen LogP contribution in [0.2, 0.25) is 0 Å². The Morgan fingerprint density at radius 2 is 2.25 bits per heavy atom. The summed E-state index contributed by atoms with van der Waals surface area (Å²) in [6, 6.07) is 1.99. The molecule has 1 aromatic rings. The maximum Gasteiger partial charge on any atom is 0.223 e. The second-order valence-corrected chi connectivity index (χ2v) is 4.02. The van der Waals surface area contributed by atoms with Crippen molar-refractivity contribution in [3.63, 3.8) is 0 Å². The van der Waals surface area contributed by atoms with Crippen molar-refractivity contribution in [1.82, 2.24) is 15.2 Å². The molecule has 1 aromatic heterocycles. The van der Waals surface area contributed by atoms with Gasteiger partial charge in [0.2, 0.25) is 5.91 Å². The third-order valence-corrected chi connectivity index (χ3v) is 2.48. The minimum atomic E-state index is 0.149. The molecule has 0 bridgehead atoms. The molecule has 0 spiro atoms. The fraction of sp³-hybridized carbons (Fsp3) is 0.500. The van der Waals surface area contributed by atoms with Crippen LogP contribution >= 0.6 is 0 Å². The highest BCUT2D eigenvalue weighted by Crippen LogP contribution is 2.03. The van der Waals surface area contributed by atoms with Gasteiger partial charge in [0.1, 0.15) is 0 Å². The number of pyridine rings is 1. The van der Waals surface area contributed by atoms with Gasteiger partial charge in [-0.05, 0) is 24.1 Å². The Morgan fingerprint density at radius 3 is 2.88 bits per heavy atom. The molecule has 1 amide bonds. The van der Waals surface area contributed by atoms with Gasteiger partial charge in [0, 0.05) is 46.0 Å². The van der Waals surface area contributed by atoms with Crippen molar-refractivity contribution >= 4 is 5.91 Å². The molecule has 0 saturated heterocycles. The molecule has 16 heavy (non-hydrogen) atoms. The third kappa shape index (κ3) is 3.98. The van der Waals surface area contributed by atoms with Crippen LogP contribution in [0.15, 0.2) is 18.5 Å². The molecule has 1 N–H and O–H groups in total. The number of carbonyl (C=O) groups is 1. The normalized spacial score (nSPS) is 10.2. The summed E-state index contributed by atoms with van der Waals surface area (Å²) >= 11 is 0. The SMILES string of the molecule is Cc1ccncc1CNCCC(=O)N(C)C. The Hall–Kier alpha value is -1.42. The van der Waals surface area contributed by atoms with Crippen molar-refractivity contribution in [2.45, 2.75) is 19.9 Å². The highest BCUT2D eigenvalue weighted by Gasteiger charge is 2.03. The Morgan fingerprint density at radius 1 is 1.50 bits per heavy atom. The average Bonchev–Trinajstić information content (AvgIpc) is 2.26. The van der Waals surface area contributed by atoms with Crippen LogP contribution in [0.4, 0.5) is 0 Å². The van der Waals surface area contributed by atoms with E-state index in [-0.39, 0.29) is 5.91 Å². The van der Waals surface area contributed by atoms with Crippen LogP contribution in [0.1, 0.15) is 17.5 Å². The second-order valence-electron chi connectivity index (χ2n) is 4.02. The summed E-state index contributed by atoms with van der Waals surface area (Å²) in [7, 11) is 3.54. The van der Waals surface area contributed by atoms with Gasteiger partial charge in [-0.15, -0.1) is 0 Å². The third-order valence-electron chi connectivity index (χ3n) is 2.48. The molecule has 88 valence electrons. The molecule has 1 rings (SSSR count). The van der Waals surface area contributed by atoms with Crippen molar-refractivity contribution in [2.24, 2.45) is 0 Å². The molecule has 0 radical (unpaired) electrons. The zero-order valence-corrected chi connectivity index (χ0v) is 10.2. The van der Waals surface area contributed by atoms with Crippen molar-refractivity contribution in [1.29, 1.82) is 0 Å². The predicted molar refractivity (Wildman–Crippen MR) is 64.0 cm³/mol. The number of aryl methyl sites for hydroxylation is 1. The first-order valence-corrected chi connectivity index (χ1v) is 5.41. The average molecular weight is 221 g/mol. The molecule has 4 heteroatoms. The van der Waals surface area contributed by atoms with Gasteiger partial charge in [-0.1, -0.05) is 0 Å². The molecule has 4 nitrogen and oxygen atoms in total. The number of amides is 1. The van der Waals surface area contributed by atoms with Gasteiger partial charge < -0.3 is 10.2 Å². The standard InChI is InChI=1S/C12H19N3O/c1-10-4-6-13-8-11(10)9-14-7-5-12(16)15(2)3/h4,6,8,14H,5,7,9H2,1-3H3. The van der Waals surface area contributed by atoms with Crippen molar-refractivity contribution in [2.75, 3.05) is 20.6 Å². The van der Waals surface area contributed by atoms with E-state index < -0.39 is 0 Å². The summed E-state index contributed by atoms with van der Waals surface area (Å²) in [4.78, 5) is 17.0. The topological polar surface area (TPSA) is 45.2 Å². The Kier molecular flexibility index (Phi) is 4.92. The van der Waals surface area contributed by atoms with E-state index in [0.717, 1.165) is 6.54 Å². The molecule has 0 atom stereocenters. The van der Waals surface area contributed by atoms with Crippen LogP contribution in [0.25, 0.3) is 0 Å².